The van der Waals surface area contributed by atoms with Crippen molar-refractivity contribution in [2.45, 2.75) is 10.4 Å². The molecule has 0 amide bonds. The summed E-state index contributed by atoms with van der Waals surface area (Å²) in [5.74, 6) is 0. The van der Waals surface area contributed by atoms with E-state index in [0.29, 0.717) is 0 Å². The Kier molecular flexibility index (Phi) is 2.65. The minimum absolute atomic E-state index is 0.276. The Morgan fingerprint density at radius 1 is 1.29 bits per heavy atom. The van der Waals surface area contributed by atoms with E-state index < -0.39 is 27.9 Å². The fourth-order valence-corrected chi connectivity index (χ4v) is 1.80. The van der Waals surface area contributed by atoms with Gasteiger partial charge in [-0.15, -0.1) is 0 Å². The number of alkyl halides is 3. The summed E-state index contributed by atoms with van der Waals surface area (Å²) in [6.45, 7) is 0. The molecule has 0 aliphatic carbocycles. The number of non-ortho nitro benzene ring substituents is 1. The number of aromatic nitrogens is 2. The average Bonchev–Trinajstić information content (AvgIpc) is 2.63. The lowest BCUT2D eigenvalue weighted by Crippen LogP contribution is -2.00. The summed E-state index contributed by atoms with van der Waals surface area (Å²) >= 11 is -0.430. The van der Waals surface area contributed by atoms with Crippen LogP contribution in [0.25, 0.3) is 11.0 Å². The standard InChI is InChI=1S/C7H2F3N3O3S/c8-7(9,10)17-4-2-1-3(13(14)15)5-6(4)12-16-11-5/h1-2H. The second-order valence-electron chi connectivity index (χ2n) is 2.85. The summed E-state index contributed by atoms with van der Waals surface area (Å²) < 4.78 is 40.8. The van der Waals surface area contributed by atoms with E-state index in [1.54, 1.807) is 0 Å². The van der Waals surface area contributed by atoms with E-state index in [1.165, 1.54) is 0 Å². The predicted octanol–water partition coefficient (Wildman–Crippen LogP) is 2.74. The molecule has 0 aliphatic heterocycles. The Morgan fingerprint density at radius 3 is 2.53 bits per heavy atom. The molecule has 0 saturated heterocycles. The average molecular weight is 265 g/mol. The molecule has 2 rings (SSSR count). The van der Waals surface area contributed by atoms with Gasteiger partial charge in [-0.05, 0) is 28.1 Å². The summed E-state index contributed by atoms with van der Waals surface area (Å²) in [6, 6.07) is 1.89. The van der Waals surface area contributed by atoms with Crippen molar-refractivity contribution in [1.29, 1.82) is 0 Å². The first-order valence-electron chi connectivity index (χ1n) is 4.04. The quantitative estimate of drug-likeness (QED) is 0.471. The first kappa shape index (κ1) is 11.6. The Labute approximate surface area is 94.9 Å². The fraction of sp³-hybridized carbons (Fsp3) is 0.143. The second kappa shape index (κ2) is 3.87. The zero-order valence-corrected chi connectivity index (χ0v) is 8.58. The topological polar surface area (TPSA) is 82.1 Å². The van der Waals surface area contributed by atoms with Gasteiger partial charge in [0.2, 0.25) is 5.52 Å². The molecular weight excluding hydrogens is 263 g/mol. The van der Waals surface area contributed by atoms with Gasteiger partial charge in [0, 0.05) is 11.0 Å². The van der Waals surface area contributed by atoms with E-state index in [2.05, 4.69) is 14.9 Å². The van der Waals surface area contributed by atoms with Gasteiger partial charge in [-0.3, -0.25) is 10.1 Å². The van der Waals surface area contributed by atoms with Crippen molar-refractivity contribution in [2.24, 2.45) is 0 Å². The van der Waals surface area contributed by atoms with Crippen LogP contribution >= 0.6 is 11.8 Å². The summed E-state index contributed by atoms with van der Waals surface area (Å²) in [5.41, 5.74) is -5.54. The third-order valence-corrected chi connectivity index (χ3v) is 2.56. The lowest BCUT2D eigenvalue weighted by atomic mass is 10.3. The van der Waals surface area contributed by atoms with E-state index in [9.17, 15) is 23.3 Å². The van der Waals surface area contributed by atoms with Crippen molar-refractivity contribution in [2.75, 3.05) is 0 Å². The number of fused-ring (bicyclic) bond motifs is 1. The number of hydrogen-bond donors (Lipinski definition) is 0. The number of thioether (sulfide) groups is 1. The molecule has 0 N–H and O–H groups in total. The molecule has 0 fully saturated rings. The first-order chi connectivity index (χ1) is 7.88. The highest BCUT2D eigenvalue weighted by Crippen LogP contribution is 2.41. The second-order valence-corrected chi connectivity index (χ2v) is 3.96. The molecule has 0 bridgehead atoms. The van der Waals surface area contributed by atoms with E-state index in [1.807, 2.05) is 0 Å². The maximum atomic E-state index is 12.2. The maximum absolute atomic E-state index is 12.2. The number of nitro benzene ring substituents is 1. The molecule has 0 saturated carbocycles. The SMILES string of the molecule is O=[N+]([O-])c1ccc(SC(F)(F)F)c2nonc12. The number of benzene rings is 1. The van der Waals surface area contributed by atoms with Crippen molar-refractivity contribution in [1.82, 2.24) is 10.3 Å². The van der Waals surface area contributed by atoms with Crippen LogP contribution in [0.2, 0.25) is 0 Å². The summed E-state index contributed by atoms with van der Waals surface area (Å²) in [7, 11) is 0. The maximum Gasteiger partial charge on any atom is 0.446 e. The van der Waals surface area contributed by atoms with Crippen LogP contribution in [0, 0.1) is 10.1 Å². The smallest absolute Gasteiger partial charge is 0.258 e. The van der Waals surface area contributed by atoms with Crippen molar-refractivity contribution in [3.8, 4) is 0 Å². The highest BCUT2D eigenvalue weighted by atomic mass is 32.2. The minimum atomic E-state index is -4.51. The van der Waals surface area contributed by atoms with Crippen LogP contribution < -0.4 is 0 Å². The minimum Gasteiger partial charge on any atom is -0.258 e. The number of nitrogens with zero attached hydrogens (tertiary/aromatic N) is 3. The van der Waals surface area contributed by atoms with Gasteiger partial charge in [-0.1, -0.05) is 0 Å². The summed E-state index contributed by atoms with van der Waals surface area (Å²) in [5, 5.41) is 17.0. The Balaban J connectivity index is 2.57. The zero-order chi connectivity index (χ0) is 12.6. The fourth-order valence-electron chi connectivity index (χ4n) is 1.19. The molecule has 0 unspecified atom stereocenters. The number of halogens is 3. The largest absolute Gasteiger partial charge is 0.446 e. The van der Waals surface area contributed by atoms with E-state index in [0.717, 1.165) is 12.1 Å². The van der Waals surface area contributed by atoms with Crippen molar-refractivity contribution < 1.29 is 22.7 Å². The number of hydrogen-bond acceptors (Lipinski definition) is 6. The molecule has 0 radical (unpaired) electrons. The molecule has 6 nitrogen and oxygen atoms in total. The first-order valence-corrected chi connectivity index (χ1v) is 4.85. The molecule has 17 heavy (non-hydrogen) atoms. The van der Waals surface area contributed by atoms with Gasteiger partial charge in [0.15, 0.2) is 5.52 Å². The van der Waals surface area contributed by atoms with Gasteiger partial charge in [0.05, 0.1) is 4.92 Å². The lowest BCUT2D eigenvalue weighted by molar-refractivity contribution is -0.383. The van der Waals surface area contributed by atoms with Gasteiger partial charge in [0.1, 0.15) is 0 Å². The van der Waals surface area contributed by atoms with Gasteiger partial charge in [0.25, 0.3) is 0 Å². The molecule has 0 spiro atoms. The molecule has 0 atom stereocenters. The normalized spacial score (nSPS) is 11.9. The Hall–Kier alpha value is -1.84. The number of rotatable bonds is 2. The third-order valence-electron chi connectivity index (χ3n) is 1.78. The van der Waals surface area contributed by atoms with Crippen LogP contribution in [0.1, 0.15) is 0 Å². The molecule has 90 valence electrons. The van der Waals surface area contributed by atoms with Crippen molar-refractivity contribution >= 4 is 28.5 Å². The molecule has 1 heterocycles. The van der Waals surface area contributed by atoms with Crippen molar-refractivity contribution in [3.05, 3.63) is 22.2 Å². The van der Waals surface area contributed by atoms with Gasteiger partial charge < -0.3 is 0 Å². The predicted molar refractivity (Wildman–Crippen MR) is 50.4 cm³/mol. The van der Waals surface area contributed by atoms with Crippen LogP contribution in [0.4, 0.5) is 18.9 Å². The van der Waals surface area contributed by atoms with E-state index in [4.69, 9.17) is 0 Å². The van der Waals surface area contributed by atoms with Crippen molar-refractivity contribution in [3.63, 3.8) is 0 Å². The van der Waals surface area contributed by atoms with Gasteiger partial charge in [-0.25, -0.2) is 4.63 Å². The summed E-state index contributed by atoms with van der Waals surface area (Å²) in [6.07, 6.45) is 0. The highest BCUT2D eigenvalue weighted by Gasteiger charge is 2.32. The van der Waals surface area contributed by atoms with Crippen LogP contribution in [0.3, 0.4) is 0 Å². The molecule has 10 heteroatoms. The van der Waals surface area contributed by atoms with Crippen LogP contribution in [-0.2, 0) is 0 Å². The highest BCUT2D eigenvalue weighted by molar-refractivity contribution is 8.00. The van der Waals surface area contributed by atoms with E-state index >= 15 is 0 Å². The number of nitro groups is 1. The molecule has 0 aliphatic rings. The Bertz CT molecular complexity index is 582. The molecule has 2 aromatic rings. The van der Waals surface area contributed by atoms with Crippen LogP contribution in [0.5, 0.6) is 0 Å². The molecular formula is C7H2F3N3O3S. The van der Waals surface area contributed by atoms with Gasteiger partial charge in [-0.2, -0.15) is 13.2 Å². The van der Waals surface area contributed by atoms with Crippen LogP contribution in [0.15, 0.2) is 21.7 Å². The molecule has 1 aromatic heterocycles. The summed E-state index contributed by atoms with van der Waals surface area (Å²) in [4.78, 5) is 9.51. The lowest BCUT2D eigenvalue weighted by Gasteiger charge is -2.04. The third kappa shape index (κ3) is 2.30. The van der Waals surface area contributed by atoms with Crippen LogP contribution in [-0.4, -0.2) is 20.7 Å². The monoisotopic (exact) mass is 265 g/mol. The van der Waals surface area contributed by atoms with Gasteiger partial charge >= 0.3 is 11.2 Å². The molecule has 1 aromatic carbocycles. The Morgan fingerprint density at radius 2 is 1.94 bits per heavy atom. The van der Waals surface area contributed by atoms with E-state index in [-0.39, 0.29) is 15.9 Å². The zero-order valence-electron chi connectivity index (χ0n) is 7.76.